The van der Waals surface area contributed by atoms with Gasteiger partial charge in [0.15, 0.2) is 5.13 Å². The van der Waals surface area contributed by atoms with Crippen molar-refractivity contribution in [3.8, 4) is 16.3 Å². The lowest BCUT2D eigenvalue weighted by atomic mass is 10.0. The largest absolute Gasteiger partial charge is 0.453 e. The molecule has 0 spiro atoms. The average Bonchev–Trinajstić information content (AvgIpc) is 3.71. The van der Waals surface area contributed by atoms with E-state index >= 15 is 0 Å². The first-order valence-electron chi connectivity index (χ1n) is 12.7. The molecule has 0 aliphatic carbocycles. The number of halogens is 3. The van der Waals surface area contributed by atoms with Gasteiger partial charge in [-0.25, -0.2) is 14.5 Å². The smallest absolute Gasteiger partial charge is 0.416 e. The summed E-state index contributed by atoms with van der Waals surface area (Å²) in [6, 6.07) is 8.60. The molecule has 1 fully saturated rings. The number of amides is 2. The summed E-state index contributed by atoms with van der Waals surface area (Å²) < 4.78 is 47.0. The molecule has 2 aromatic carbocycles. The summed E-state index contributed by atoms with van der Waals surface area (Å²) in [5, 5.41) is 13.9. The van der Waals surface area contributed by atoms with Crippen LogP contribution in [0, 0.1) is 6.92 Å². The van der Waals surface area contributed by atoms with Crippen LogP contribution in [0.3, 0.4) is 0 Å². The minimum Gasteiger partial charge on any atom is -0.453 e. The Morgan fingerprint density at radius 1 is 1.10 bits per heavy atom. The molecule has 2 amide bonds. The van der Waals surface area contributed by atoms with E-state index in [0.29, 0.717) is 39.2 Å². The fourth-order valence-electron chi connectivity index (χ4n) is 4.50. The molecule has 14 heteroatoms. The molecule has 3 heterocycles. The lowest BCUT2D eigenvalue weighted by Gasteiger charge is -2.17. The average molecular weight is 586 g/mol. The van der Waals surface area contributed by atoms with E-state index in [1.54, 1.807) is 30.6 Å². The zero-order valence-corrected chi connectivity index (χ0v) is 23.0. The first kappa shape index (κ1) is 28.2. The Morgan fingerprint density at radius 2 is 1.88 bits per heavy atom. The summed E-state index contributed by atoms with van der Waals surface area (Å²) in [6.45, 7) is 3.85. The van der Waals surface area contributed by atoms with Crippen molar-refractivity contribution in [1.82, 2.24) is 24.9 Å². The summed E-state index contributed by atoms with van der Waals surface area (Å²) in [5.41, 5.74) is 1.84. The number of carbonyl (C=O) groups excluding carboxylic acids is 2. The summed E-state index contributed by atoms with van der Waals surface area (Å²) >= 11 is 1.19. The maximum atomic E-state index is 13.6. The number of rotatable bonds is 7. The molecule has 0 radical (unpaired) electrons. The van der Waals surface area contributed by atoms with E-state index in [1.807, 2.05) is 6.92 Å². The first-order chi connectivity index (χ1) is 19.6. The predicted octanol–water partition coefficient (Wildman–Crippen LogP) is 5.74. The number of anilines is 2. The van der Waals surface area contributed by atoms with Gasteiger partial charge in [-0.3, -0.25) is 15.0 Å². The molecule has 1 saturated heterocycles. The van der Waals surface area contributed by atoms with Gasteiger partial charge in [0.2, 0.25) is 0 Å². The maximum absolute atomic E-state index is 13.6. The molecule has 5 rings (SSSR count). The van der Waals surface area contributed by atoms with Crippen LogP contribution < -0.4 is 10.6 Å². The van der Waals surface area contributed by atoms with Gasteiger partial charge < -0.3 is 10.1 Å². The third-order valence-electron chi connectivity index (χ3n) is 6.55. The Morgan fingerprint density at radius 3 is 2.61 bits per heavy atom. The topological polar surface area (TPSA) is 114 Å². The van der Waals surface area contributed by atoms with E-state index in [0.717, 1.165) is 43.6 Å². The Balaban J connectivity index is 1.36. The Kier molecular flexibility index (Phi) is 8.03. The quantitative estimate of drug-likeness (QED) is 0.284. The highest BCUT2D eigenvalue weighted by atomic mass is 32.1. The van der Waals surface area contributed by atoms with Crippen molar-refractivity contribution < 1.29 is 27.5 Å². The SMILES string of the molecule is COC(=O)Nc1ncc(-c2cn(-c3cc(NC(=O)c4cc(CN5CCCC5)cc(C(F)(F)F)c4)ccc3C)nn2)s1. The number of methoxy groups -OCH3 is 1. The molecular formula is C27H26F3N7O3S. The number of nitrogens with one attached hydrogen (secondary N) is 2. The van der Waals surface area contributed by atoms with Crippen LogP contribution in [0.1, 0.15) is 39.9 Å². The summed E-state index contributed by atoms with van der Waals surface area (Å²) in [6.07, 6.45) is 0.00526. The van der Waals surface area contributed by atoms with E-state index in [1.165, 1.54) is 29.2 Å². The van der Waals surface area contributed by atoms with E-state index < -0.39 is 23.7 Å². The molecule has 0 saturated carbocycles. The standard InChI is InChI=1S/C27H26F3N7O3S/c1-16-5-6-20(12-22(16)37-15-21(34-35-37)23-13-31-25(41-23)33-26(39)40-2)32-24(38)18-9-17(14-36-7-3-4-8-36)10-19(11-18)27(28,29)30/h5-6,9-13,15H,3-4,7-8,14H2,1-2H3,(H,32,38)(H,31,33,39). The number of likely N-dealkylation sites (tertiary alicyclic amines) is 1. The number of benzene rings is 2. The zero-order valence-electron chi connectivity index (χ0n) is 22.2. The van der Waals surface area contributed by atoms with Crippen molar-refractivity contribution in [1.29, 1.82) is 0 Å². The third kappa shape index (κ3) is 6.72. The van der Waals surface area contributed by atoms with Gasteiger partial charge in [-0.1, -0.05) is 22.6 Å². The highest BCUT2D eigenvalue weighted by Gasteiger charge is 2.32. The number of thiazole rings is 1. The van der Waals surface area contributed by atoms with Crippen LogP contribution in [0.25, 0.3) is 16.3 Å². The van der Waals surface area contributed by atoms with E-state index in [2.05, 4.69) is 35.6 Å². The van der Waals surface area contributed by atoms with Crippen molar-refractivity contribution >= 4 is 34.2 Å². The number of aryl methyl sites for hydroxylation is 1. The summed E-state index contributed by atoms with van der Waals surface area (Å²) in [7, 11) is 1.25. The Labute approximate surface area is 237 Å². The minimum atomic E-state index is -4.58. The predicted molar refractivity (Wildman–Crippen MR) is 147 cm³/mol. The van der Waals surface area contributed by atoms with Crippen LogP contribution in [0.15, 0.2) is 48.8 Å². The number of nitrogens with zero attached hydrogens (tertiary/aromatic N) is 5. The summed E-state index contributed by atoms with van der Waals surface area (Å²) in [5.74, 6) is -0.650. The fourth-order valence-corrected chi connectivity index (χ4v) is 5.25. The second-order valence-electron chi connectivity index (χ2n) is 9.55. The molecule has 214 valence electrons. The van der Waals surface area contributed by atoms with Crippen LogP contribution in [0.5, 0.6) is 0 Å². The Hall–Kier alpha value is -4.30. The highest BCUT2D eigenvalue weighted by molar-refractivity contribution is 7.19. The maximum Gasteiger partial charge on any atom is 0.416 e. The molecule has 0 unspecified atom stereocenters. The van der Waals surface area contributed by atoms with E-state index in [4.69, 9.17) is 0 Å². The van der Waals surface area contributed by atoms with Crippen molar-refractivity contribution in [2.45, 2.75) is 32.5 Å². The lowest BCUT2D eigenvalue weighted by molar-refractivity contribution is -0.137. The van der Waals surface area contributed by atoms with Gasteiger partial charge in [-0.2, -0.15) is 13.2 Å². The van der Waals surface area contributed by atoms with Crippen molar-refractivity contribution in [3.05, 3.63) is 71.0 Å². The number of aromatic nitrogens is 4. The van der Waals surface area contributed by atoms with Crippen LogP contribution in [0.4, 0.5) is 28.8 Å². The number of hydrogen-bond donors (Lipinski definition) is 2. The summed E-state index contributed by atoms with van der Waals surface area (Å²) in [4.78, 5) is 31.4. The second kappa shape index (κ2) is 11.7. The highest BCUT2D eigenvalue weighted by Crippen LogP contribution is 2.32. The van der Waals surface area contributed by atoms with Crippen molar-refractivity contribution in [2.24, 2.45) is 0 Å². The number of ether oxygens (including phenoxy) is 1. The number of hydrogen-bond acceptors (Lipinski definition) is 8. The molecule has 4 aromatic rings. The fraction of sp³-hybridized carbons (Fsp3) is 0.296. The van der Waals surface area contributed by atoms with Crippen LogP contribution in [0.2, 0.25) is 0 Å². The third-order valence-corrected chi connectivity index (χ3v) is 7.48. The molecule has 2 aromatic heterocycles. The molecule has 10 nitrogen and oxygen atoms in total. The molecule has 2 N–H and O–H groups in total. The van der Waals surface area contributed by atoms with E-state index in [-0.39, 0.29) is 5.56 Å². The van der Waals surface area contributed by atoms with Gasteiger partial charge in [0.25, 0.3) is 5.91 Å². The van der Waals surface area contributed by atoms with Crippen molar-refractivity contribution in [2.75, 3.05) is 30.8 Å². The molecule has 41 heavy (non-hydrogen) atoms. The molecule has 1 aliphatic heterocycles. The van der Waals surface area contributed by atoms with Gasteiger partial charge >= 0.3 is 12.3 Å². The number of alkyl halides is 3. The Bertz CT molecular complexity index is 1580. The van der Waals surface area contributed by atoms with Crippen LogP contribution in [-0.4, -0.2) is 57.1 Å². The molecule has 0 atom stereocenters. The van der Waals surface area contributed by atoms with Gasteiger partial charge in [0.05, 0.1) is 29.4 Å². The van der Waals surface area contributed by atoms with Gasteiger partial charge in [0, 0.05) is 24.0 Å². The van der Waals surface area contributed by atoms with Gasteiger partial charge in [0.1, 0.15) is 5.69 Å². The first-order valence-corrected chi connectivity index (χ1v) is 13.5. The van der Waals surface area contributed by atoms with Gasteiger partial charge in [-0.15, -0.1) is 5.10 Å². The lowest BCUT2D eigenvalue weighted by Crippen LogP contribution is -2.20. The van der Waals surface area contributed by atoms with Crippen LogP contribution in [-0.2, 0) is 17.5 Å². The minimum absolute atomic E-state index is 0.0687. The number of carbonyl (C=O) groups is 2. The second-order valence-corrected chi connectivity index (χ2v) is 10.6. The van der Waals surface area contributed by atoms with Crippen LogP contribution >= 0.6 is 11.3 Å². The molecule has 0 bridgehead atoms. The zero-order chi connectivity index (χ0) is 29.1. The molecular weight excluding hydrogens is 559 g/mol. The monoisotopic (exact) mass is 585 g/mol. The molecule has 1 aliphatic rings. The van der Waals surface area contributed by atoms with Crippen molar-refractivity contribution in [3.63, 3.8) is 0 Å². The van der Waals surface area contributed by atoms with Gasteiger partial charge in [-0.05, 0) is 74.3 Å². The van der Waals surface area contributed by atoms with E-state index in [9.17, 15) is 22.8 Å². The normalized spacial score (nSPS) is 13.8.